The van der Waals surface area contributed by atoms with Crippen molar-refractivity contribution >= 4 is 27.4 Å². The molecule has 0 radical (unpaired) electrons. The van der Waals surface area contributed by atoms with Crippen LogP contribution in [-0.4, -0.2) is 9.55 Å². The molecule has 3 heterocycles. The Morgan fingerprint density at radius 2 is 1.36 bits per heavy atom. The molecule has 2 aromatic heterocycles. The van der Waals surface area contributed by atoms with Gasteiger partial charge in [-0.15, -0.1) is 0 Å². The summed E-state index contributed by atoms with van der Waals surface area (Å²) in [5, 5.41) is 2.60. The number of benzene rings is 5. The maximum absolute atomic E-state index is 4.44. The van der Waals surface area contributed by atoms with Gasteiger partial charge in [0.05, 0.1) is 22.1 Å². The summed E-state index contributed by atoms with van der Waals surface area (Å²) >= 11 is 0. The molecule has 2 nitrogen and oxygen atoms in total. The minimum absolute atomic E-state index is 0.427. The molecule has 0 amide bonds. The largest absolute Gasteiger partial charge is 0.309 e. The second-order valence-corrected chi connectivity index (χ2v) is 11.9. The van der Waals surface area contributed by atoms with Crippen molar-refractivity contribution in [3.63, 3.8) is 0 Å². The maximum atomic E-state index is 4.44. The summed E-state index contributed by atoms with van der Waals surface area (Å²) < 4.78 is 2.51. The summed E-state index contributed by atoms with van der Waals surface area (Å²) in [6.07, 6.45) is 8.27. The second kappa shape index (κ2) is 9.26. The van der Waals surface area contributed by atoms with Gasteiger partial charge in [0, 0.05) is 28.7 Å². The Hall–Kier alpha value is -5.47. The highest BCUT2D eigenvalue weighted by atomic mass is 15.0. The summed E-state index contributed by atoms with van der Waals surface area (Å²) in [6, 6.07) is 44.8. The van der Waals surface area contributed by atoms with Crippen LogP contribution in [0.1, 0.15) is 36.1 Å². The molecule has 0 N–H and O–H groups in total. The summed E-state index contributed by atoms with van der Waals surface area (Å²) in [4.78, 5) is 4.44. The SMILES string of the molecule is C/C=C\C1=C(C)C2(c3ccccc31)c1cc(-c3ccccc3-c3cccnc3)ccc1-n1c3ccccc3c3cccc2c31. The molecule has 44 heavy (non-hydrogen) atoms. The quantitative estimate of drug-likeness (QED) is 0.209. The molecular formula is C42H30N2. The van der Waals surface area contributed by atoms with E-state index in [0.717, 1.165) is 5.56 Å². The van der Waals surface area contributed by atoms with Gasteiger partial charge in [-0.2, -0.15) is 0 Å². The molecule has 1 unspecified atom stereocenters. The van der Waals surface area contributed by atoms with Crippen LogP contribution in [0, 0.1) is 0 Å². The lowest BCUT2D eigenvalue weighted by Gasteiger charge is -2.40. The van der Waals surface area contributed by atoms with Gasteiger partial charge in [0.15, 0.2) is 0 Å². The molecule has 1 aliphatic carbocycles. The van der Waals surface area contributed by atoms with Gasteiger partial charge in [0.2, 0.25) is 0 Å². The smallest absolute Gasteiger partial charge is 0.0715 e. The lowest BCUT2D eigenvalue weighted by atomic mass is 9.64. The molecule has 0 fully saturated rings. The van der Waals surface area contributed by atoms with Crippen molar-refractivity contribution in [1.82, 2.24) is 9.55 Å². The minimum atomic E-state index is -0.427. The Bertz CT molecular complexity index is 2350. The maximum Gasteiger partial charge on any atom is 0.0715 e. The average Bonchev–Trinajstić information content (AvgIpc) is 3.55. The first-order valence-electron chi connectivity index (χ1n) is 15.3. The van der Waals surface area contributed by atoms with Gasteiger partial charge in [-0.05, 0) is 88.2 Å². The predicted octanol–water partition coefficient (Wildman–Crippen LogP) is 10.5. The monoisotopic (exact) mass is 562 g/mol. The van der Waals surface area contributed by atoms with Gasteiger partial charge in [-0.25, -0.2) is 0 Å². The highest BCUT2D eigenvalue weighted by Gasteiger charge is 2.50. The Labute approximate surface area is 257 Å². The standard InChI is InChI=1S/C42H30N2/c1-3-12-30-27(2)42(36-19-8-6-16-33(30)36)37-20-10-18-35-34-17-7-9-21-39(34)44(41(35)37)40-23-22-28(25-38(40)42)31-14-4-5-15-32(31)29-13-11-24-43-26-29/h3-26H,1-2H3/b12-3-. The van der Waals surface area contributed by atoms with E-state index in [1.807, 2.05) is 18.5 Å². The van der Waals surface area contributed by atoms with Crippen molar-refractivity contribution in [2.45, 2.75) is 19.3 Å². The van der Waals surface area contributed by atoms with Crippen LogP contribution in [0.2, 0.25) is 0 Å². The van der Waals surface area contributed by atoms with Crippen LogP contribution in [0.4, 0.5) is 0 Å². The molecule has 1 atom stereocenters. The first-order valence-corrected chi connectivity index (χ1v) is 15.3. The zero-order valence-electron chi connectivity index (χ0n) is 24.8. The average molecular weight is 563 g/mol. The Balaban J connectivity index is 1.46. The van der Waals surface area contributed by atoms with Crippen LogP contribution >= 0.6 is 0 Å². The normalized spacial score (nSPS) is 16.8. The summed E-state index contributed by atoms with van der Waals surface area (Å²) in [7, 11) is 0. The molecule has 9 rings (SSSR count). The third-order valence-electron chi connectivity index (χ3n) is 9.87. The fourth-order valence-corrected chi connectivity index (χ4v) is 8.15. The van der Waals surface area contributed by atoms with Crippen LogP contribution in [0.15, 0.2) is 151 Å². The molecule has 208 valence electrons. The van der Waals surface area contributed by atoms with E-state index in [2.05, 4.69) is 151 Å². The van der Waals surface area contributed by atoms with E-state index < -0.39 is 5.41 Å². The minimum Gasteiger partial charge on any atom is -0.309 e. The lowest BCUT2D eigenvalue weighted by molar-refractivity contribution is 0.726. The number of aromatic nitrogens is 2. The van der Waals surface area contributed by atoms with Gasteiger partial charge in [0.1, 0.15) is 0 Å². The third-order valence-corrected chi connectivity index (χ3v) is 9.87. The number of hydrogen-bond acceptors (Lipinski definition) is 1. The van der Waals surface area contributed by atoms with Crippen LogP contribution in [0.3, 0.4) is 0 Å². The molecule has 2 heteroatoms. The molecular weight excluding hydrogens is 532 g/mol. The third kappa shape index (κ3) is 3.12. The fourth-order valence-electron chi connectivity index (χ4n) is 8.15. The van der Waals surface area contributed by atoms with E-state index in [4.69, 9.17) is 0 Å². The van der Waals surface area contributed by atoms with Crippen LogP contribution in [0.25, 0.3) is 55.3 Å². The molecule has 7 aromatic rings. The molecule has 2 aliphatic rings. The van der Waals surface area contributed by atoms with Gasteiger partial charge < -0.3 is 4.57 Å². The van der Waals surface area contributed by atoms with Crippen molar-refractivity contribution < 1.29 is 0 Å². The van der Waals surface area contributed by atoms with E-state index >= 15 is 0 Å². The number of nitrogens with zero attached hydrogens (tertiary/aromatic N) is 2. The highest BCUT2D eigenvalue weighted by Crippen LogP contribution is 2.60. The molecule has 1 aliphatic heterocycles. The molecule has 0 bridgehead atoms. The van der Waals surface area contributed by atoms with Crippen LogP contribution < -0.4 is 0 Å². The molecule has 1 spiro atoms. The van der Waals surface area contributed by atoms with Crippen molar-refractivity contribution in [3.05, 3.63) is 174 Å². The number of para-hydroxylation sites is 2. The van der Waals surface area contributed by atoms with Gasteiger partial charge >= 0.3 is 0 Å². The predicted molar refractivity (Wildman–Crippen MR) is 183 cm³/mol. The fraction of sp³-hybridized carbons (Fsp3) is 0.0714. The molecule has 0 saturated carbocycles. The Kier molecular flexibility index (Phi) is 5.28. The number of pyridine rings is 1. The van der Waals surface area contributed by atoms with Gasteiger partial charge in [-0.1, -0.05) is 109 Å². The highest BCUT2D eigenvalue weighted by molar-refractivity contribution is 6.13. The molecule has 5 aromatic carbocycles. The van der Waals surface area contributed by atoms with E-state index in [1.165, 1.54) is 77.6 Å². The van der Waals surface area contributed by atoms with Crippen molar-refractivity contribution in [2.24, 2.45) is 0 Å². The van der Waals surface area contributed by atoms with Crippen LogP contribution in [-0.2, 0) is 5.41 Å². The first kappa shape index (κ1) is 25.1. The van der Waals surface area contributed by atoms with Gasteiger partial charge in [-0.3, -0.25) is 4.98 Å². The zero-order chi connectivity index (χ0) is 29.4. The topological polar surface area (TPSA) is 17.8 Å². The summed E-state index contributed by atoms with van der Waals surface area (Å²) in [6.45, 7) is 4.47. The lowest BCUT2D eigenvalue weighted by Crippen LogP contribution is -2.34. The summed E-state index contributed by atoms with van der Waals surface area (Å²) in [5.74, 6) is 0. The van der Waals surface area contributed by atoms with E-state index in [9.17, 15) is 0 Å². The number of fused-ring (bicyclic) bond motifs is 9. The Morgan fingerprint density at radius 3 is 2.18 bits per heavy atom. The van der Waals surface area contributed by atoms with Gasteiger partial charge in [0.25, 0.3) is 0 Å². The first-order chi connectivity index (χ1) is 21.7. The zero-order valence-corrected chi connectivity index (χ0v) is 24.8. The van der Waals surface area contributed by atoms with E-state index in [0.29, 0.717) is 0 Å². The van der Waals surface area contributed by atoms with Crippen molar-refractivity contribution in [2.75, 3.05) is 0 Å². The number of rotatable bonds is 3. The summed E-state index contributed by atoms with van der Waals surface area (Å²) in [5.41, 5.74) is 16.1. The molecule has 0 saturated heterocycles. The number of hydrogen-bond donors (Lipinski definition) is 0. The van der Waals surface area contributed by atoms with Crippen molar-refractivity contribution in [1.29, 1.82) is 0 Å². The van der Waals surface area contributed by atoms with E-state index in [1.54, 1.807) is 0 Å². The van der Waals surface area contributed by atoms with Crippen LogP contribution in [0.5, 0.6) is 0 Å². The Morgan fingerprint density at radius 1 is 0.636 bits per heavy atom. The van der Waals surface area contributed by atoms with E-state index in [-0.39, 0.29) is 0 Å². The second-order valence-electron chi connectivity index (χ2n) is 11.9. The van der Waals surface area contributed by atoms with Crippen molar-refractivity contribution in [3.8, 4) is 27.9 Å². The number of allylic oxidation sites excluding steroid dienone is 4.